The quantitative estimate of drug-likeness (QED) is 0.642. The Kier molecular flexibility index (Phi) is 6.12. The number of para-hydroxylation sites is 1. The number of carbonyl (C=O) groups is 3. The molecule has 0 saturated carbocycles. The van der Waals surface area contributed by atoms with Gasteiger partial charge in [-0.25, -0.2) is 14.4 Å². The van der Waals surface area contributed by atoms with Crippen molar-refractivity contribution in [3.63, 3.8) is 0 Å². The Morgan fingerprint density at radius 2 is 1.66 bits per heavy atom. The van der Waals surface area contributed by atoms with Crippen molar-refractivity contribution in [3.05, 3.63) is 51.7 Å². The van der Waals surface area contributed by atoms with Crippen LogP contribution in [0.2, 0.25) is 0 Å². The van der Waals surface area contributed by atoms with Gasteiger partial charge in [-0.15, -0.1) is 11.3 Å². The van der Waals surface area contributed by atoms with E-state index >= 15 is 0 Å². The molecular weight excluding hydrogens is 430 g/mol. The molecule has 1 atom stereocenters. The highest BCUT2D eigenvalue weighted by Gasteiger charge is 2.54. The third kappa shape index (κ3) is 4.80. The predicted molar refractivity (Wildman–Crippen MR) is 122 cm³/mol. The first-order valence-corrected chi connectivity index (χ1v) is 11.3. The molecule has 172 valence electrons. The molecule has 1 amide bonds. The highest BCUT2D eigenvalue weighted by atomic mass is 32.1. The van der Waals surface area contributed by atoms with Crippen LogP contribution in [0.5, 0.6) is 0 Å². The number of carbonyl (C=O) groups excluding carboxylic acids is 2. The maximum atomic E-state index is 13.2. The van der Waals surface area contributed by atoms with Crippen molar-refractivity contribution in [2.45, 2.75) is 71.1 Å². The van der Waals surface area contributed by atoms with E-state index in [1.807, 2.05) is 0 Å². The molecule has 8 heteroatoms. The molecule has 0 fully saturated rings. The van der Waals surface area contributed by atoms with Gasteiger partial charge < -0.3 is 14.6 Å². The van der Waals surface area contributed by atoms with Crippen molar-refractivity contribution in [2.24, 2.45) is 0 Å². The van der Waals surface area contributed by atoms with Crippen molar-refractivity contribution in [1.29, 1.82) is 0 Å². The van der Waals surface area contributed by atoms with E-state index in [1.165, 1.54) is 16.2 Å². The first kappa shape index (κ1) is 23.8. The lowest BCUT2D eigenvalue weighted by molar-refractivity contribution is -0.143. The molecule has 1 aromatic carbocycles. The van der Waals surface area contributed by atoms with Crippen LogP contribution in [0.4, 0.5) is 10.5 Å². The maximum Gasteiger partial charge on any atom is 0.415 e. The van der Waals surface area contributed by atoms with Gasteiger partial charge in [0.2, 0.25) is 0 Å². The van der Waals surface area contributed by atoms with Crippen LogP contribution in [0.25, 0.3) is 0 Å². The van der Waals surface area contributed by atoms with E-state index in [2.05, 4.69) is 0 Å². The number of rotatable bonds is 4. The minimum absolute atomic E-state index is 0.0612. The molecule has 0 aliphatic carbocycles. The van der Waals surface area contributed by atoms with Crippen LogP contribution in [0, 0.1) is 0 Å². The predicted octanol–water partition coefficient (Wildman–Crippen LogP) is 5.07. The second-order valence-electron chi connectivity index (χ2n) is 9.91. The monoisotopic (exact) mass is 459 g/mol. The number of carboxylic acid groups (broad SMARTS) is 1. The lowest BCUT2D eigenvalue weighted by Crippen LogP contribution is -2.58. The number of carboxylic acids is 1. The number of amides is 1. The summed E-state index contributed by atoms with van der Waals surface area (Å²) in [6.45, 7) is 10.5. The summed E-state index contributed by atoms with van der Waals surface area (Å²) < 4.78 is 11.1. The van der Waals surface area contributed by atoms with Gasteiger partial charge in [0.1, 0.15) is 16.1 Å². The normalized spacial score (nSPS) is 18.2. The maximum absolute atomic E-state index is 13.2. The summed E-state index contributed by atoms with van der Waals surface area (Å²) in [6.07, 6.45) is -0.700. The van der Waals surface area contributed by atoms with Crippen LogP contribution in [-0.2, 0) is 27.1 Å². The molecule has 1 N–H and O–H groups in total. The smallest absolute Gasteiger partial charge is 0.415 e. The number of nitrogens with zero attached hydrogens (tertiary/aromatic N) is 1. The fraction of sp³-hybridized carbons (Fsp3) is 0.458. The average molecular weight is 460 g/mol. The topological polar surface area (TPSA) is 93.1 Å². The number of esters is 1. The molecule has 2 aromatic rings. The summed E-state index contributed by atoms with van der Waals surface area (Å²) in [5, 5.41) is 12.1. The van der Waals surface area contributed by atoms with Crippen molar-refractivity contribution in [3.8, 4) is 0 Å². The van der Waals surface area contributed by atoms with Gasteiger partial charge in [0, 0.05) is 12.8 Å². The highest BCUT2D eigenvalue weighted by molar-refractivity contribution is 7.12. The molecule has 1 aliphatic heterocycles. The minimum Gasteiger partial charge on any atom is -0.479 e. The molecule has 7 nitrogen and oxygen atoms in total. The van der Waals surface area contributed by atoms with Gasteiger partial charge in [-0.05, 0) is 70.2 Å². The molecule has 0 saturated heterocycles. The average Bonchev–Trinajstić information content (AvgIpc) is 3.21. The minimum atomic E-state index is -1.64. The molecule has 1 aliphatic rings. The lowest BCUT2D eigenvalue weighted by Gasteiger charge is -2.36. The Labute approximate surface area is 191 Å². The molecule has 0 spiro atoms. The largest absolute Gasteiger partial charge is 0.479 e. The summed E-state index contributed by atoms with van der Waals surface area (Å²) in [5.41, 5.74) is -1.37. The molecule has 1 aromatic heterocycles. The standard InChI is InChI=1S/C24H29NO6S/c1-22(2,3)30-19(26)18-16(11-12-32-18)14-24(20(27)28)13-15-9-7-8-10-17(15)25(24)21(29)31-23(4,5)6/h7-12H,13-14H2,1-6H3,(H,27,28). The highest BCUT2D eigenvalue weighted by Crippen LogP contribution is 2.43. The van der Waals surface area contributed by atoms with Crippen molar-refractivity contribution >= 4 is 35.1 Å². The van der Waals surface area contributed by atoms with Crippen LogP contribution >= 0.6 is 11.3 Å². The Balaban J connectivity index is 2.06. The molecule has 1 unspecified atom stereocenters. The van der Waals surface area contributed by atoms with Gasteiger partial charge in [0.15, 0.2) is 5.54 Å². The fourth-order valence-corrected chi connectivity index (χ4v) is 4.56. The zero-order chi connectivity index (χ0) is 23.9. The van der Waals surface area contributed by atoms with Gasteiger partial charge in [-0.3, -0.25) is 4.90 Å². The summed E-state index contributed by atoms with van der Waals surface area (Å²) >= 11 is 1.19. The van der Waals surface area contributed by atoms with Gasteiger partial charge in [-0.1, -0.05) is 18.2 Å². The Hall–Kier alpha value is -2.87. The number of fused-ring (bicyclic) bond motifs is 1. The van der Waals surface area contributed by atoms with Crippen molar-refractivity contribution < 1.29 is 29.0 Å². The van der Waals surface area contributed by atoms with Crippen LogP contribution in [0.15, 0.2) is 35.7 Å². The first-order chi connectivity index (χ1) is 14.7. The summed E-state index contributed by atoms with van der Waals surface area (Å²) in [6, 6.07) is 8.79. The Morgan fingerprint density at radius 1 is 1.03 bits per heavy atom. The number of ether oxygens (including phenoxy) is 2. The number of anilines is 1. The van der Waals surface area contributed by atoms with Crippen LogP contribution in [0.3, 0.4) is 0 Å². The number of hydrogen-bond acceptors (Lipinski definition) is 6. The van der Waals surface area contributed by atoms with Crippen molar-refractivity contribution in [1.82, 2.24) is 0 Å². The van der Waals surface area contributed by atoms with E-state index in [9.17, 15) is 19.5 Å². The number of thiophene rings is 1. The van der Waals surface area contributed by atoms with Gasteiger partial charge >= 0.3 is 18.0 Å². The van der Waals surface area contributed by atoms with Crippen LogP contribution in [-0.4, -0.2) is 39.9 Å². The number of aliphatic carboxylic acids is 1. The molecule has 0 bridgehead atoms. The molecule has 3 rings (SSSR count). The van der Waals surface area contributed by atoms with E-state index in [1.54, 1.807) is 77.3 Å². The number of benzene rings is 1. The van der Waals surface area contributed by atoms with Crippen LogP contribution < -0.4 is 4.90 Å². The molecular formula is C24H29NO6S. The third-order valence-electron chi connectivity index (χ3n) is 4.93. The van der Waals surface area contributed by atoms with Crippen molar-refractivity contribution in [2.75, 3.05) is 4.90 Å². The SMILES string of the molecule is CC(C)(C)OC(=O)c1sccc1CC1(C(=O)O)Cc2ccccc2N1C(=O)OC(C)(C)C. The Morgan fingerprint density at radius 3 is 2.25 bits per heavy atom. The van der Waals surface area contributed by atoms with Gasteiger partial charge in [0.05, 0.1) is 5.69 Å². The van der Waals surface area contributed by atoms with E-state index in [0.29, 0.717) is 16.1 Å². The Bertz CT molecular complexity index is 1050. The summed E-state index contributed by atoms with van der Waals surface area (Å²) in [7, 11) is 0. The van der Waals surface area contributed by atoms with E-state index in [4.69, 9.17) is 9.47 Å². The van der Waals surface area contributed by atoms with E-state index in [-0.39, 0.29) is 12.8 Å². The fourth-order valence-electron chi connectivity index (χ4n) is 3.77. The zero-order valence-corrected chi connectivity index (χ0v) is 20.0. The molecule has 2 heterocycles. The molecule has 0 radical (unpaired) electrons. The first-order valence-electron chi connectivity index (χ1n) is 10.4. The zero-order valence-electron chi connectivity index (χ0n) is 19.2. The van der Waals surface area contributed by atoms with Crippen LogP contribution in [0.1, 0.15) is 62.3 Å². The second-order valence-corrected chi connectivity index (χ2v) is 10.8. The lowest BCUT2D eigenvalue weighted by atomic mass is 9.87. The van der Waals surface area contributed by atoms with E-state index < -0.39 is 34.8 Å². The summed E-state index contributed by atoms with van der Waals surface area (Å²) in [4.78, 5) is 40.3. The second kappa shape index (κ2) is 8.24. The van der Waals surface area contributed by atoms with Gasteiger partial charge in [-0.2, -0.15) is 0 Å². The molecule has 32 heavy (non-hydrogen) atoms. The summed E-state index contributed by atoms with van der Waals surface area (Å²) in [5.74, 6) is -1.68. The van der Waals surface area contributed by atoms with E-state index in [0.717, 1.165) is 5.56 Å². The third-order valence-corrected chi connectivity index (χ3v) is 5.87. The number of hydrogen-bond donors (Lipinski definition) is 1. The van der Waals surface area contributed by atoms with Gasteiger partial charge in [0.25, 0.3) is 0 Å².